The first-order valence-corrected chi connectivity index (χ1v) is 8.61. The van der Waals surface area contributed by atoms with Crippen LogP contribution in [-0.4, -0.2) is 21.0 Å². The molecule has 1 N–H and O–H groups in total. The van der Waals surface area contributed by atoms with E-state index >= 15 is 0 Å². The molecule has 1 aromatic carbocycles. The number of benzene rings is 1. The molecule has 0 bridgehead atoms. The second-order valence-electron chi connectivity index (χ2n) is 6.32. The minimum atomic E-state index is -0.00948. The Morgan fingerprint density at radius 3 is 2.92 bits per heavy atom. The second-order valence-corrected chi connectivity index (χ2v) is 6.72. The Morgan fingerprint density at radius 2 is 2.12 bits per heavy atom. The molecule has 3 heterocycles. The molecule has 3 aromatic rings. The number of hydrogen-bond acceptors (Lipinski definition) is 3. The van der Waals surface area contributed by atoms with Gasteiger partial charge in [-0.2, -0.15) is 0 Å². The number of hydrogen-bond donors (Lipinski definition) is 1. The van der Waals surface area contributed by atoms with Crippen molar-refractivity contribution >= 4 is 22.9 Å². The van der Waals surface area contributed by atoms with Gasteiger partial charge in [-0.25, -0.2) is 4.98 Å². The number of pyridine rings is 1. The largest absolute Gasteiger partial charge is 0.390 e. The van der Waals surface area contributed by atoms with Gasteiger partial charge in [0.2, 0.25) is 0 Å². The number of fused-ring (bicyclic) bond motifs is 2. The van der Waals surface area contributed by atoms with Crippen LogP contribution < -0.4 is 4.90 Å². The minimum Gasteiger partial charge on any atom is -0.390 e. The first-order valence-electron chi connectivity index (χ1n) is 8.23. The van der Waals surface area contributed by atoms with Crippen LogP contribution in [0.15, 0.2) is 36.5 Å². The molecule has 5 heteroatoms. The molecule has 2 aromatic heterocycles. The zero-order chi connectivity index (χ0) is 16.8. The van der Waals surface area contributed by atoms with Gasteiger partial charge in [0.1, 0.15) is 0 Å². The summed E-state index contributed by atoms with van der Waals surface area (Å²) < 4.78 is 1.99. The zero-order valence-corrected chi connectivity index (χ0v) is 14.6. The Bertz CT molecular complexity index is 918. The van der Waals surface area contributed by atoms with E-state index in [1.165, 1.54) is 11.1 Å². The van der Waals surface area contributed by atoms with Gasteiger partial charge in [0.15, 0.2) is 5.65 Å². The second kappa shape index (κ2) is 5.80. The van der Waals surface area contributed by atoms with Crippen LogP contribution in [0.3, 0.4) is 0 Å². The number of aromatic nitrogens is 2. The topological polar surface area (TPSA) is 40.8 Å². The Labute approximate surface area is 146 Å². The molecule has 0 radical (unpaired) electrons. The Hall–Kier alpha value is -2.04. The van der Waals surface area contributed by atoms with Gasteiger partial charge in [0, 0.05) is 17.8 Å². The third-order valence-corrected chi connectivity index (χ3v) is 5.42. The maximum atomic E-state index is 9.63. The molecule has 1 aliphatic heterocycles. The lowest BCUT2D eigenvalue weighted by atomic mass is 9.93. The van der Waals surface area contributed by atoms with E-state index in [-0.39, 0.29) is 12.6 Å². The van der Waals surface area contributed by atoms with Crippen LogP contribution in [0.2, 0.25) is 5.02 Å². The van der Waals surface area contributed by atoms with Crippen molar-refractivity contribution in [1.29, 1.82) is 0 Å². The van der Waals surface area contributed by atoms with E-state index in [4.69, 9.17) is 16.6 Å². The fourth-order valence-corrected chi connectivity index (χ4v) is 4.06. The van der Waals surface area contributed by atoms with Gasteiger partial charge in [-0.3, -0.25) is 4.40 Å². The van der Waals surface area contributed by atoms with Gasteiger partial charge in [-0.05, 0) is 49.6 Å². The molecule has 0 saturated carbocycles. The normalized spacial score (nSPS) is 17.3. The van der Waals surface area contributed by atoms with Crippen molar-refractivity contribution in [3.8, 4) is 0 Å². The van der Waals surface area contributed by atoms with Gasteiger partial charge < -0.3 is 10.0 Å². The van der Waals surface area contributed by atoms with Crippen LogP contribution in [-0.2, 0) is 13.0 Å². The molecule has 1 atom stereocenters. The van der Waals surface area contributed by atoms with Crippen LogP contribution in [0, 0.1) is 6.92 Å². The highest BCUT2D eigenvalue weighted by Crippen LogP contribution is 2.37. The van der Waals surface area contributed by atoms with E-state index in [0.29, 0.717) is 0 Å². The van der Waals surface area contributed by atoms with E-state index in [1.807, 2.05) is 35.7 Å². The molecule has 4 nitrogen and oxygen atoms in total. The molecule has 0 spiro atoms. The van der Waals surface area contributed by atoms with E-state index < -0.39 is 0 Å². The van der Waals surface area contributed by atoms with Crippen molar-refractivity contribution in [2.24, 2.45) is 0 Å². The van der Waals surface area contributed by atoms with Crippen molar-refractivity contribution in [2.45, 2.75) is 32.9 Å². The van der Waals surface area contributed by atoms with Gasteiger partial charge >= 0.3 is 0 Å². The SMILES string of the molecule is Cc1nc2c(N3CCc4c(Cl)cccc4C3C)cccn2c1CO. The highest BCUT2D eigenvalue weighted by Gasteiger charge is 2.27. The summed E-state index contributed by atoms with van der Waals surface area (Å²) in [5.41, 5.74) is 6.25. The Balaban J connectivity index is 1.84. The van der Waals surface area contributed by atoms with Gasteiger partial charge in [0.25, 0.3) is 0 Å². The Kier molecular flexibility index (Phi) is 3.74. The van der Waals surface area contributed by atoms with Crippen molar-refractivity contribution in [2.75, 3.05) is 11.4 Å². The van der Waals surface area contributed by atoms with Gasteiger partial charge in [0.05, 0.1) is 29.7 Å². The molecule has 0 saturated heterocycles. The first-order chi connectivity index (χ1) is 11.6. The lowest BCUT2D eigenvalue weighted by Crippen LogP contribution is -2.34. The van der Waals surface area contributed by atoms with Crippen molar-refractivity contribution in [3.05, 3.63) is 64.1 Å². The molecule has 0 aliphatic carbocycles. The Morgan fingerprint density at radius 1 is 1.29 bits per heavy atom. The average Bonchev–Trinajstić information content (AvgIpc) is 2.91. The van der Waals surface area contributed by atoms with E-state index in [0.717, 1.165) is 40.7 Å². The number of halogens is 1. The molecule has 1 aliphatic rings. The van der Waals surface area contributed by atoms with Crippen molar-refractivity contribution in [3.63, 3.8) is 0 Å². The number of aliphatic hydroxyl groups excluding tert-OH is 1. The number of aliphatic hydroxyl groups is 1. The number of nitrogens with zero attached hydrogens (tertiary/aromatic N) is 3. The monoisotopic (exact) mass is 341 g/mol. The van der Waals surface area contributed by atoms with Gasteiger partial charge in [-0.1, -0.05) is 23.7 Å². The fourth-order valence-electron chi connectivity index (χ4n) is 3.78. The highest BCUT2D eigenvalue weighted by atomic mass is 35.5. The molecule has 0 amide bonds. The fraction of sp³-hybridized carbons (Fsp3) is 0.316. The van der Waals surface area contributed by atoms with E-state index in [2.05, 4.69) is 24.0 Å². The number of rotatable bonds is 2. The van der Waals surface area contributed by atoms with Crippen LogP contribution in [0.4, 0.5) is 5.69 Å². The molecular formula is C19H20ClN3O. The zero-order valence-electron chi connectivity index (χ0n) is 13.8. The summed E-state index contributed by atoms with van der Waals surface area (Å²) in [5.74, 6) is 0. The van der Waals surface area contributed by atoms with Crippen molar-refractivity contribution in [1.82, 2.24) is 9.38 Å². The van der Waals surface area contributed by atoms with Crippen molar-refractivity contribution < 1.29 is 5.11 Å². The van der Waals surface area contributed by atoms with Gasteiger partial charge in [-0.15, -0.1) is 0 Å². The minimum absolute atomic E-state index is 0.00948. The average molecular weight is 342 g/mol. The summed E-state index contributed by atoms with van der Waals surface area (Å²) in [6.07, 6.45) is 2.89. The maximum Gasteiger partial charge on any atom is 0.161 e. The molecule has 0 fully saturated rings. The van der Waals surface area contributed by atoms with E-state index in [9.17, 15) is 5.11 Å². The summed E-state index contributed by atoms with van der Waals surface area (Å²) in [6.45, 7) is 5.04. The lowest BCUT2D eigenvalue weighted by Gasteiger charge is -2.37. The first kappa shape index (κ1) is 15.5. The molecule has 1 unspecified atom stereocenters. The van der Waals surface area contributed by atoms with Crippen LogP contribution in [0.1, 0.15) is 35.5 Å². The molecule has 4 rings (SSSR count). The highest BCUT2D eigenvalue weighted by molar-refractivity contribution is 6.31. The third kappa shape index (κ3) is 2.21. The van der Waals surface area contributed by atoms with Crippen LogP contribution in [0.25, 0.3) is 5.65 Å². The predicted octanol–water partition coefficient (Wildman–Crippen LogP) is 3.91. The van der Waals surface area contributed by atoms with Crippen LogP contribution >= 0.6 is 11.6 Å². The quantitative estimate of drug-likeness (QED) is 0.768. The standard InChI is InChI=1S/C19H20ClN3O/c1-12-18(11-24)23-9-4-7-17(19(23)21-12)22-10-8-15-14(13(22)2)5-3-6-16(15)20/h3-7,9,13,24H,8,10-11H2,1-2H3. The maximum absolute atomic E-state index is 9.63. The molecule has 124 valence electrons. The summed E-state index contributed by atoms with van der Waals surface area (Å²) >= 11 is 6.38. The smallest absolute Gasteiger partial charge is 0.161 e. The lowest BCUT2D eigenvalue weighted by molar-refractivity contribution is 0.275. The number of anilines is 1. The summed E-state index contributed by atoms with van der Waals surface area (Å²) in [5, 5.41) is 10.5. The summed E-state index contributed by atoms with van der Waals surface area (Å²) in [7, 11) is 0. The number of aryl methyl sites for hydroxylation is 1. The summed E-state index contributed by atoms with van der Waals surface area (Å²) in [4.78, 5) is 7.08. The van der Waals surface area contributed by atoms with E-state index in [1.54, 1.807) is 0 Å². The third-order valence-electron chi connectivity index (χ3n) is 5.06. The number of imidazole rings is 1. The molecule has 24 heavy (non-hydrogen) atoms. The summed E-state index contributed by atoms with van der Waals surface area (Å²) in [6, 6.07) is 10.5. The molecular weight excluding hydrogens is 322 g/mol. The predicted molar refractivity (Wildman–Crippen MR) is 96.8 cm³/mol. The van der Waals surface area contributed by atoms with Crippen LogP contribution in [0.5, 0.6) is 0 Å².